The summed E-state index contributed by atoms with van der Waals surface area (Å²) in [6.07, 6.45) is 4.15. The topological polar surface area (TPSA) is 76.3 Å². The van der Waals surface area contributed by atoms with E-state index in [-0.39, 0.29) is 0 Å². The quantitative estimate of drug-likeness (QED) is 0.536. The summed E-state index contributed by atoms with van der Waals surface area (Å²) in [5.74, 6) is 6.64. The molecule has 1 aromatic heterocycles. The summed E-state index contributed by atoms with van der Waals surface area (Å²) in [4.78, 5) is 10.6. The number of rotatable bonds is 6. The van der Waals surface area contributed by atoms with Crippen LogP contribution in [0.4, 0.5) is 11.8 Å². The van der Waals surface area contributed by atoms with Crippen molar-refractivity contribution in [1.82, 2.24) is 9.97 Å². The molecule has 1 aliphatic rings. The molecule has 0 bridgehead atoms. The number of hydrogen-bond donors (Lipinski definition) is 2. The first-order valence-electron chi connectivity index (χ1n) is 5.40. The van der Waals surface area contributed by atoms with Gasteiger partial charge in [-0.05, 0) is 18.9 Å². The number of ether oxygens (including phenoxy) is 1. The average Bonchev–Trinajstić information content (AvgIpc) is 3.14. The average molecular weight is 223 g/mol. The Kier molecular flexibility index (Phi) is 3.53. The smallest absolute Gasteiger partial charge is 0.239 e. The molecule has 16 heavy (non-hydrogen) atoms. The van der Waals surface area contributed by atoms with Crippen LogP contribution in [0.5, 0.6) is 0 Å². The van der Waals surface area contributed by atoms with Gasteiger partial charge in [0.15, 0.2) is 0 Å². The predicted octanol–water partition coefficient (Wildman–Crippen LogP) is 0.377. The van der Waals surface area contributed by atoms with Gasteiger partial charge in [0, 0.05) is 25.9 Å². The summed E-state index contributed by atoms with van der Waals surface area (Å²) < 4.78 is 5.10. The Hall–Kier alpha value is -1.40. The minimum atomic E-state index is 0.445. The summed E-state index contributed by atoms with van der Waals surface area (Å²) >= 11 is 0. The Balaban J connectivity index is 2.10. The number of nitrogens with one attached hydrogen (secondary N) is 1. The van der Waals surface area contributed by atoms with E-state index >= 15 is 0 Å². The van der Waals surface area contributed by atoms with Gasteiger partial charge in [-0.25, -0.2) is 10.8 Å². The molecule has 0 unspecified atom stereocenters. The van der Waals surface area contributed by atoms with E-state index in [4.69, 9.17) is 10.6 Å². The lowest BCUT2D eigenvalue weighted by Crippen LogP contribution is -2.30. The van der Waals surface area contributed by atoms with Gasteiger partial charge in [-0.2, -0.15) is 4.98 Å². The number of methoxy groups -OCH3 is 1. The minimum absolute atomic E-state index is 0.445. The molecule has 6 nitrogen and oxygen atoms in total. The molecule has 88 valence electrons. The van der Waals surface area contributed by atoms with Crippen LogP contribution in [0, 0.1) is 0 Å². The monoisotopic (exact) mass is 223 g/mol. The molecule has 1 aromatic rings. The number of hydrazine groups is 1. The van der Waals surface area contributed by atoms with Crippen LogP contribution in [0.2, 0.25) is 0 Å². The molecule has 0 aliphatic heterocycles. The summed E-state index contributed by atoms with van der Waals surface area (Å²) in [7, 11) is 1.71. The van der Waals surface area contributed by atoms with Gasteiger partial charge in [-0.15, -0.1) is 0 Å². The molecule has 3 N–H and O–H groups in total. The van der Waals surface area contributed by atoms with E-state index in [2.05, 4.69) is 20.3 Å². The molecule has 1 saturated carbocycles. The van der Waals surface area contributed by atoms with E-state index in [1.807, 2.05) is 6.07 Å². The van der Waals surface area contributed by atoms with Crippen molar-refractivity contribution >= 4 is 11.8 Å². The van der Waals surface area contributed by atoms with E-state index < -0.39 is 0 Å². The number of nitrogen functional groups attached to an aromatic ring is 1. The second kappa shape index (κ2) is 5.09. The molecule has 0 amide bonds. The lowest BCUT2D eigenvalue weighted by atomic mass is 10.4. The third-order valence-corrected chi connectivity index (χ3v) is 2.59. The molecule has 2 rings (SSSR count). The molecular weight excluding hydrogens is 206 g/mol. The Bertz CT molecular complexity index is 342. The molecule has 0 aromatic carbocycles. The first-order valence-corrected chi connectivity index (χ1v) is 5.40. The number of hydrogen-bond acceptors (Lipinski definition) is 6. The van der Waals surface area contributed by atoms with E-state index in [0.29, 0.717) is 18.6 Å². The van der Waals surface area contributed by atoms with E-state index in [0.717, 1.165) is 12.4 Å². The molecule has 0 radical (unpaired) electrons. The zero-order valence-electron chi connectivity index (χ0n) is 9.39. The third kappa shape index (κ3) is 2.59. The van der Waals surface area contributed by atoms with E-state index in [9.17, 15) is 0 Å². The Morgan fingerprint density at radius 1 is 1.62 bits per heavy atom. The zero-order valence-corrected chi connectivity index (χ0v) is 9.39. The minimum Gasteiger partial charge on any atom is -0.383 e. The molecule has 1 heterocycles. The van der Waals surface area contributed by atoms with Gasteiger partial charge in [0.1, 0.15) is 5.82 Å². The van der Waals surface area contributed by atoms with Crippen molar-refractivity contribution in [1.29, 1.82) is 0 Å². The zero-order chi connectivity index (χ0) is 11.4. The van der Waals surface area contributed by atoms with Crippen molar-refractivity contribution in [2.45, 2.75) is 18.9 Å². The van der Waals surface area contributed by atoms with Crippen molar-refractivity contribution in [2.24, 2.45) is 5.84 Å². The van der Waals surface area contributed by atoms with Crippen molar-refractivity contribution < 1.29 is 4.74 Å². The highest BCUT2D eigenvalue weighted by Crippen LogP contribution is 2.30. The maximum absolute atomic E-state index is 5.29. The highest BCUT2D eigenvalue weighted by molar-refractivity contribution is 5.44. The molecule has 6 heteroatoms. The lowest BCUT2D eigenvalue weighted by Gasteiger charge is -2.23. The van der Waals surface area contributed by atoms with Crippen LogP contribution >= 0.6 is 0 Å². The molecular formula is C10H17N5O. The van der Waals surface area contributed by atoms with Crippen molar-refractivity contribution in [2.75, 3.05) is 30.6 Å². The van der Waals surface area contributed by atoms with Crippen LogP contribution < -0.4 is 16.2 Å². The second-order valence-corrected chi connectivity index (χ2v) is 3.80. The van der Waals surface area contributed by atoms with Crippen LogP contribution in [0.3, 0.4) is 0 Å². The lowest BCUT2D eigenvalue weighted by molar-refractivity contribution is 0.204. The van der Waals surface area contributed by atoms with Gasteiger partial charge >= 0.3 is 0 Å². The molecule has 1 fully saturated rings. The van der Waals surface area contributed by atoms with Crippen LogP contribution in [0.15, 0.2) is 12.3 Å². The summed E-state index contributed by atoms with van der Waals surface area (Å²) in [6, 6.07) is 2.49. The third-order valence-electron chi connectivity index (χ3n) is 2.59. The van der Waals surface area contributed by atoms with Crippen LogP contribution in [0.25, 0.3) is 0 Å². The molecule has 0 saturated heterocycles. The Labute approximate surface area is 94.8 Å². The SMILES string of the molecule is COCCN(c1ccnc(NN)n1)C1CC1. The summed E-state index contributed by atoms with van der Waals surface area (Å²) in [5.41, 5.74) is 2.46. The normalized spacial score (nSPS) is 14.9. The predicted molar refractivity (Wildman–Crippen MR) is 62.1 cm³/mol. The van der Waals surface area contributed by atoms with Crippen LogP contribution in [-0.4, -0.2) is 36.3 Å². The summed E-state index contributed by atoms with van der Waals surface area (Å²) in [5, 5.41) is 0. The fourth-order valence-corrected chi connectivity index (χ4v) is 1.64. The van der Waals surface area contributed by atoms with Crippen LogP contribution in [-0.2, 0) is 4.74 Å². The number of nitrogens with zero attached hydrogens (tertiary/aromatic N) is 3. The van der Waals surface area contributed by atoms with Gasteiger partial charge in [0.2, 0.25) is 5.95 Å². The van der Waals surface area contributed by atoms with Crippen molar-refractivity contribution in [3.8, 4) is 0 Å². The van der Waals surface area contributed by atoms with Gasteiger partial charge in [-0.1, -0.05) is 0 Å². The molecule has 0 spiro atoms. The number of nitrogens with two attached hydrogens (primary N) is 1. The highest BCUT2D eigenvalue weighted by atomic mass is 16.5. The van der Waals surface area contributed by atoms with E-state index in [1.54, 1.807) is 13.3 Å². The number of anilines is 2. The van der Waals surface area contributed by atoms with Gasteiger partial charge in [0.25, 0.3) is 0 Å². The standard InChI is InChI=1S/C10H17N5O/c1-16-7-6-15(8-2-3-8)9-4-5-12-10(13-9)14-11/h4-5,8H,2-3,6-7,11H2,1H3,(H,12,13,14). The van der Waals surface area contributed by atoms with Crippen molar-refractivity contribution in [3.05, 3.63) is 12.3 Å². The first-order chi connectivity index (χ1) is 7.85. The van der Waals surface area contributed by atoms with Gasteiger partial charge in [-0.3, -0.25) is 5.43 Å². The molecule has 1 aliphatic carbocycles. The van der Waals surface area contributed by atoms with E-state index in [1.165, 1.54) is 12.8 Å². The second-order valence-electron chi connectivity index (χ2n) is 3.80. The van der Waals surface area contributed by atoms with Crippen molar-refractivity contribution in [3.63, 3.8) is 0 Å². The maximum Gasteiger partial charge on any atom is 0.239 e. The summed E-state index contributed by atoms with van der Waals surface area (Å²) in [6.45, 7) is 1.55. The fourth-order valence-electron chi connectivity index (χ4n) is 1.64. The fraction of sp³-hybridized carbons (Fsp3) is 0.600. The largest absolute Gasteiger partial charge is 0.383 e. The maximum atomic E-state index is 5.29. The first kappa shape index (κ1) is 11.1. The number of aromatic nitrogens is 2. The molecule has 0 atom stereocenters. The Morgan fingerprint density at radius 3 is 3.06 bits per heavy atom. The Morgan fingerprint density at radius 2 is 2.44 bits per heavy atom. The van der Waals surface area contributed by atoms with Gasteiger partial charge in [0.05, 0.1) is 6.61 Å². The highest BCUT2D eigenvalue weighted by Gasteiger charge is 2.29. The van der Waals surface area contributed by atoms with Gasteiger partial charge < -0.3 is 9.64 Å². The van der Waals surface area contributed by atoms with Crippen LogP contribution in [0.1, 0.15) is 12.8 Å².